The van der Waals surface area contributed by atoms with Crippen LogP contribution in [0.3, 0.4) is 0 Å². The zero-order chi connectivity index (χ0) is 15.6. The molecule has 0 bridgehead atoms. The van der Waals surface area contributed by atoms with Crippen LogP contribution < -0.4 is 4.72 Å². The van der Waals surface area contributed by atoms with Crippen molar-refractivity contribution >= 4 is 16.0 Å². The molecule has 2 rings (SSSR count). The van der Waals surface area contributed by atoms with Crippen LogP contribution in [0.5, 0.6) is 11.5 Å². The summed E-state index contributed by atoms with van der Waals surface area (Å²) < 4.78 is 25.9. The molecule has 116 valence electrons. The second-order valence-electron chi connectivity index (χ2n) is 5.26. The van der Waals surface area contributed by atoms with Crippen molar-refractivity contribution in [2.75, 3.05) is 5.75 Å². The van der Waals surface area contributed by atoms with Gasteiger partial charge in [-0.2, -0.15) is 0 Å². The molecule has 1 aromatic carbocycles. The summed E-state index contributed by atoms with van der Waals surface area (Å²) in [5.41, 5.74) is 0.409. The Kier molecular flexibility index (Phi) is 4.38. The lowest BCUT2D eigenvalue weighted by molar-refractivity contribution is -0.138. The van der Waals surface area contributed by atoms with Crippen molar-refractivity contribution in [3.63, 3.8) is 0 Å². The number of phenols is 2. The van der Waals surface area contributed by atoms with Gasteiger partial charge in [-0.3, -0.25) is 4.79 Å². The number of hydrogen-bond donors (Lipinski definition) is 4. The predicted octanol–water partition coefficient (Wildman–Crippen LogP) is 0.423. The molecule has 1 aliphatic carbocycles. The van der Waals surface area contributed by atoms with Crippen LogP contribution in [-0.2, 0) is 21.2 Å². The number of phenolic OH excluding ortho intramolecular Hbond substituents is 2. The molecule has 0 radical (unpaired) electrons. The SMILES string of the molecule is O=C(O)C(Cc1ccc(O)c(O)c1)NS(=O)(=O)CC1CC1. The molecule has 21 heavy (non-hydrogen) atoms. The number of aliphatic carboxylic acids is 1. The Hall–Kier alpha value is -1.80. The van der Waals surface area contributed by atoms with Crippen LogP contribution in [0.15, 0.2) is 18.2 Å². The molecule has 0 amide bonds. The van der Waals surface area contributed by atoms with Crippen LogP contribution in [0.25, 0.3) is 0 Å². The zero-order valence-electron chi connectivity index (χ0n) is 11.2. The van der Waals surface area contributed by atoms with Crippen molar-refractivity contribution in [1.29, 1.82) is 0 Å². The molecule has 0 spiro atoms. The molecule has 4 N–H and O–H groups in total. The molecule has 1 atom stereocenters. The minimum Gasteiger partial charge on any atom is -0.504 e. The van der Waals surface area contributed by atoms with E-state index in [1.54, 1.807) is 0 Å². The van der Waals surface area contributed by atoms with E-state index in [4.69, 9.17) is 5.11 Å². The summed E-state index contributed by atoms with van der Waals surface area (Å²) in [6.45, 7) is 0. The van der Waals surface area contributed by atoms with Gasteiger partial charge in [-0.25, -0.2) is 13.1 Å². The van der Waals surface area contributed by atoms with Crippen LogP contribution in [-0.4, -0.2) is 41.5 Å². The lowest BCUT2D eigenvalue weighted by atomic mass is 10.1. The summed E-state index contributed by atoms with van der Waals surface area (Å²) in [6, 6.07) is 2.56. The molecule has 0 aliphatic heterocycles. The van der Waals surface area contributed by atoms with Gasteiger partial charge in [0.2, 0.25) is 10.0 Å². The third kappa shape index (κ3) is 4.61. The molecule has 0 aromatic heterocycles. The fraction of sp³-hybridized carbons (Fsp3) is 0.462. The molecule has 1 unspecified atom stereocenters. The van der Waals surface area contributed by atoms with Crippen molar-refractivity contribution < 1.29 is 28.5 Å². The maximum Gasteiger partial charge on any atom is 0.322 e. The first kappa shape index (κ1) is 15.6. The van der Waals surface area contributed by atoms with E-state index < -0.39 is 22.0 Å². The second-order valence-corrected chi connectivity index (χ2v) is 7.06. The third-order valence-electron chi connectivity index (χ3n) is 3.25. The van der Waals surface area contributed by atoms with Crippen LogP contribution in [0, 0.1) is 5.92 Å². The highest BCUT2D eigenvalue weighted by molar-refractivity contribution is 7.89. The molecular formula is C13H17NO6S. The van der Waals surface area contributed by atoms with Crippen LogP contribution in [0.2, 0.25) is 0 Å². The first-order valence-electron chi connectivity index (χ1n) is 6.50. The minimum atomic E-state index is -3.64. The lowest BCUT2D eigenvalue weighted by Gasteiger charge is -2.15. The van der Waals surface area contributed by atoms with Crippen LogP contribution >= 0.6 is 0 Å². The largest absolute Gasteiger partial charge is 0.504 e. The molecule has 1 aromatic rings. The number of carbonyl (C=O) groups is 1. The predicted molar refractivity (Wildman–Crippen MR) is 74.5 cm³/mol. The topological polar surface area (TPSA) is 124 Å². The first-order chi connectivity index (χ1) is 9.77. The monoisotopic (exact) mass is 315 g/mol. The van der Waals surface area contributed by atoms with E-state index in [2.05, 4.69) is 4.72 Å². The van der Waals surface area contributed by atoms with E-state index in [0.717, 1.165) is 12.8 Å². The summed E-state index contributed by atoms with van der Waals surface area (Å²) in [5, 5.41) is 27.7. The highest BCUT2D eigenvalue weighted by atomic mass is 32.2. The fourth-order valence-electron chi connectivity index (χ4n) is 1.97. The van der Waals surface area contributed by atoms with Gasteiger partial charge in [0.15, 0.2) is 11.5 Å². The Balaban J connectivity index is 2.07. The van der Waals surface area contributed by atoms with E-state index >= 15 is 0 Å². The van der Waals surface area contributed by atoms with E-state index in [1.165, 1.54) is 18.2 Å². The van der Waals surface area contributed by atoms with Gasteiger partial charge in [0.05, 0.1) is 5.75 Å². The van der Waals surface area contributed by atoms with Crippen LogP contribution in [0.1, 0.15) is 18.4 Å². The van der Waals surface area contributed by atoms with Crippen LogP contribution in [0.4, 0.5) is 0 Å². The van der Waals surface area contributed by atoms with Crippen molar-refractivity contribution in [2.24, 2.45) is 5.92 Å². The first-order valence-corrected chi connectivity index (χ1v) is 8.16. The standard InChI is InChI=1S/C13H17NO6S/c15-11-4-3-9(6-12(11)16)5-10(13(17)18)14-21(19,20)7-8-1-2-8/h3-4,6,8,10,14-16H,1-2,5,7H2,(H,17,18). The summed E-state index contributed by atoms with van der Waals surface area (Å²) in [4.78, 5) is 11.2. The Morgan fingerprint density at radius 2 is 1.95 bits per heavy atom. The Morgan fingerprint density at radius 1 is 1.29 bits per heavy atom. The number of aromatic hydroxyl groups is 2. The quantitative estimate of drug-likeness (QED) is 0.541. The third-order valence-corrected chi connectivity index (χ3v) is 4.81. The van der Waals surface area contributed by atoms with E-state index in [1.807, 2.05) is 0 Å². The molecule has 1 saturated carbocycles. The molecule has 1 aliphatic rings. The number of benzene rings is 1. The van der Waals surface area contributed by atoms with Crippen molar-refractivity contribution in [1.82, 2.24) is 4.72 Å². The summed E-state index contributed by atoms with van der Waals surface area (Å²) in [5.74, 6) is -1.92. The van der Waals surface area contributed by atoms with E-state index in [9.17, 15) is 23.4 Å². The van der Waals surface area contributed by atoms with Gasteiger partial charge in [0.25, 0.3) is 0 Å². The Morgan fingerprint density at radius 3 is 2.48 bits per heavy atom. The average molecular weight is 315 g/mol. The van der Waals surface area contributed by atoms with Gasteiger partial charge >= 0.3 is 5.97 Å². The number of nitrogens with one attached hydrogen (secondary N) is 1. The minimum absolute atomic E-state index is 0.0579. The van der Waals surface area contributed by atoms with Crippen molar-refractivity contribution in [3.05, 3.63) is 23.8 Å². The molecular weight excluding hydrogens is 298 g/mol. The van der Waals surface area contributed by atoms with Gasteiger partial charge in [-0.15, -0.1) is 0 Å². The highest BCUT2D eigenvalue weighted by Gasteiger charge is 2.31. The van der Waals surface area contributed by atoms with Gasteiger partial charge < -0.3 is 15.3 Å². The number of hydrogen-bond acceptors (Lipinski definition) is 5. The maximum absolute atomic E-state index is 11.8. The number of rotatable bonds is 7. The smallest absolute Gasteiger partial charge is 0.322 e. The molecule has 1 fully saturated rings. The van der Waals surface area contributed by atoms with Gasteiger partial charge in [-0.05, 0) is 42.9 Å². The fourth-order valence-corrected chi connectivity index (χ4v) is 3.64. The Labute approximate surface area is 122 Å². The maximum atomic E-state index is 11.8. The number of carboxylic acids is 1. The van der Waals surface area contributed by atoms with Gasteiger partial charge in [0, 0.05) is 0 Å². The normalized spacial score (nSPS) is 16.6. The highest BCUT2D eigenvalue weighted by Crippen LogP contribution is 2.30. The lowest BCUT2D eigenvalue weighted by Crippen LogP contribution is -2.43. The molecule has 0 saturated heterocycles. The second kappa shape index (κ2) is 5.90. The number of sulfonamides is 1. The van der Waals surface area contributed by atoms with Gasteiger partial charge in [-0.1, -0.05) is 6.07 Å². The van der Waals surface area contributed by atoms with Crippen molar-refractivity contribution in [2.45, 2.75) is 25.3 Å². The Bertz CT molecular complexity index is 638. The van der Waals surface area contributed by atoms with E-state index in [0.29, 0.717) is 5.56 Å². The average Bonchev–Trinajstić information content (AvgIpc) is 3.15. The summed E-state index contributed by atoms with van der Waals surface area (Å²) in [7, 11) is -3.64. The van der Waals surface area contributed by atoms with Gasteiger partial charge in [0.1, 0.15) is 6.04 Å². The van der Waals surface area contributed by atoms with Crippen molar-refractivity contribution in [3.8, 4) is 11.5 Å². The summed E-state index contributed by atoms with van der Waals surface area (Å²) in [6.07, 6.45) is 1.59. The zero-order valence-corrected chi connectivity index (χ0v) is 12.0. The molecule has 0 heterocycles. The number of carboxylic acid groups (broad SMARTS) is 1. The van der Waals surface area contributed by atoms with E-state index in [-0.39, 0.29) is 29.6 Å². The molecule has 7 nitrogen and oxygen atoms in total. The summed E-state index contributed by atoms with van der Waals surface area (Å²) >= 11 is 0. The molecule has 8 heteroatoms.